The highest BCUT2D eigenvalue weighted by molar-refractivity contribution is 6.35. The van der Waals surface area contributed by atoms with Crippen molar-refractivity contribution in [3.63, 3.8) is 0 Å². The number of carbonyl (C=O) groups is 1. The van der Waals surface area contributed by atoms with Gasteiger partial charge in [-0.2, -0.15) is 0 Å². The molecule has 0 spiro atoms. The molecule has 0 saturated carbocycles. The number of amides is 1. The molecule has 0 aliphatic carbocycles. The van der Waals surface area contributed by atoms with Crippen LogP contribution in [0, 0.1) is 0 Å². The van der Waals surface area contributed by atoms with Crippen molar-refractivity contribution in [3.05, 3.63) is 63.6 Å². The number of para-hydroxylation sites is 1. The largest absolute Gasteiger partial charge is 0.398 e. The third-order valence-corrected chi connectivity index (χ3v) is 3.23. The number of rotatable bonds is 3. The molecule has 0 aliphatic heterocycles. The molecule has 2 rings (SSSR count). The van der Waals surface area contributed by atoms with Crippen LogP contribution in [0.15, 0.2) is 42.5 Å². The normalized spacial score (nSPS) is 10.2. The molecule has 3 nitrogen and oxygen atoms in total. The van der Waals surface area contributed by atoms with Crippen LogP contribution in [0.25, 0.3) is 0 Å². The molecule has 19 heavy (non-hydrogen) atoms. The highest BCUT2D eigenvalue weighted by Crippen LogP contribution is 2.20. The van der Waals surface area contributed by atoms with Gasteiger partial charge in [0, 0.05) is 17.3 Å². The smallest absolute Gasteiger partial charge is 0.253 e. The van der Waals surface area contributed by atoms with E-state index in [1.807, 2.05) is 18.2 Å². The lowest BCUT2D eigenvalue weighted by atomic mass is 10.1. The molecule has 0 fully saturated rings. The lowest BCUT2D eigenvalue weighted by Crippen LogP contribution is -2.23. The van der Waals surface area contributed by atoms with Crippen molar-refractivity contribution >= 4 is 34.8 Å². The Hall–Kier alpha value is -1.71. The number of hydrogen-bond acceptors (Lipinski definition) is 2. The molecular formula is C14H12Cl2N2O. The van der Waals surface area contributed by atoms with Crippen molar-refractivity contribution in [2.24, 2.45) is 0 Å². The van der Waals surface area contributed by atoms with Crippen LogP contribution in [0.2, 0.25) is 10.0 Å². The van der Waals surface area contributed by atoms with Gasteiger partial charge >= 0.3 is 0 Å². The van der Waals surface area contributed by atoms with E-state index in [2.05, 4.69) is 5.32 Å². The molecule has 98 valence electrons. The molecule has 2 aromatic rings. The monoisotopic (exact) mass is 294 g/mol. The minimum Gasteiger partial charge on any atom is -0.398 e. The first-order chi connectivity index (χ1) is 9.08. The summed E-state index contributed by atoms with van der Waals surface area (Å²) in [6.07, 6.45) is 0. The summed E-state index contributed by atoms with van der Waals surface area (Å²) in [5.41, 5.74) is 7.65. The van der Waals surface area contributed by atoms with E-state index in [4.69, 9.17) is 28.9 Å². The van der Waals surface area contributed by atoms with E-state index in [1.165, 1.54) is 6.07 Å². The second-order valence-electron chi connectivity index (χ2n) is 4.01. The standard InChI is InChI=1S/C14H12Cl2N2O/c15-10-5-6-12(16)11(7-10)14(19)18-8-9-3-1-2-4-13(9)17/h1-7H,8,17H2,(H,18,19). The van der Waals surface area contributed by atoms with E-state index in [0.717, 1.165) is 5.56 Å². The predicted octanol–water partition coefficient (Wildman–Crippen LogP) is 3.51. The molecule has 0 saturated heterocycles. The average Bonchev–Trinajstić information content (AvgIpc) is 2.40. The molecule has 0 bridgehead atoms. The maximum atomic E-state index is 12.0. The van der Waals surface area contributed by atoms with Crippen molar-refractivity contribution in [3.8, 4) is 0 Å². The number of benzene rings is 2. The van der Waals surface area contributed by atoms with E-state index in [1.54, 1.807) is 18.2 Å². The number of nitrogen functional groups attached to an aromatic ring is 1. The topological polar surface area (TPSA) is 55.1 Å². The van der Waals surface area contributed by atoms with Crippen molar-refractivity contribution in [1.29, 1.82) is 0 Å². The van der Waals surface area contributed by atoms with Crippen LogP contribution < -0.4 is 11.1 Å². The van der Waals surface area contributed by atoms with Crippen LogP contribution in [0.5, 0.6) is 0 Å². The molecule has 1 amide bonds. The third-order valence-electron chi connectivity index (χ3n) is 2.67. The number of carbonyl (C=O) groups excluding carboxylic acids is 1. The Bertz CT molecular complexity index is 614. The molecule has 0 atom stereocenters. The summed E-state index contributed by atoms with van der Waals surface area (Å²) in [7, 11) is 0. The highest BCUT2D eigenvalue weighted by atomic mass is 35.5. The van der Waals surface area contributed by atoms with Gasteiger partial charge in [0.2, 0.25) is 0 Å². The van der Waals surface area contributed by atoms with Crippen LogP contribution in [0.4, 0.5) is 5.69 Å². The van der Waals surface area contributed by atoms with Crippen LogP contribution in [0.1, 0.15) is 15.9 Å². The molecule has 2 aromatic carbocycles. The Labute approximate surface area is 121 Å². The van der Waals surface area contributed by atoms with E-state index in [-0.39, 0.29) is 5.91 Å². The summed E-state index contributed by atoms with van der Waals surface area (Å²) >= 11 is 11.8. The average molecular weight is 295 g/mol. The van der Waals surface area contributed by atoms with Crippen LogP contribution in [0.3, 0.4) is 0 Å². The minimum absolute atomic E-state index is 0.282. The number of halogens is 2. The Morgan fingerprint density at radius 1 is 1.16 bits per heavy atom. The van der Waals surface area contributed by atoms with E-state index >= 15 is 0 Å². The van der Waals surface area contributed by atoms with Gasteiger partial charge in [0.1, 0.15) is 0 Å². The molecule has 0 unspecified atom stereocenters. The first-order valence-electron chi connectivity index (χ1n) is 5.64. The fraction of sp³-hybridized carbons (Fsp3) is 0.0714. The number of nitrogens with two attached hydrogens (primary N) is 1. The van der Waals surface area contributed by atoms with Gasteiger partial charge in [0.15, 0.2) is 0 Å². The Kier molecular flexibility index (Phi) is 4.30. The molecule has 0 aromatic heterocycles. The SMILES string of the molecule is Nc1ccccc1CNC(=O)c1cc(Cl)ccc1Cl. The summed E-state index contributed by atoms with van der Waals surface area (Å²) in [4.78, 5) is 12.0. The quantitative estimate of drug-likeness (QED) is 0.851. The molecule has 0 radical (unpaired) electrons. The number of nitrogens with one attached hydrogen (secondary N) is 1. The summed E-state index contributed by atoms with van der Waals surface area (Å²) in [6, 6.07) is 12.1. The molecule has 0 aliphatic rings. The fourth-order valence-corrected chi connectivity index (χ4v) is 2.01. The van der Waals surface area contributed by atoms with Gasteiger partial charge in [-0.25, -0.2) is 0 Å². The summed E-state index contributed by atoms with van der Waals surface area (Å²) in [5.74, 6) is -0.282. The second kappa shape index (κ2) is 5.95. The van der Waals surface area contributed by atoms with E-state index in [9.17, 15) is 4.79 Å². The highest BCUT2D eigenvalue weighted by Gasteiger charge is 2.11. The predicted molar refractivity (Wildman–Crippen MR) is 78.5 cm³/mol. The van der Waals surface area contributed by atoms with Gasteiger partial charge in [0.25, 0.3) is 5.91 Å². The maximum Gasteiger partial charge on any atom is 0.253 e. The van der Waals surface area contributed by atoms with Crippen molar-refractivity contribution in [1.82, 2.24) is 5.32 Å². The van der Waals surface area contributed by atoms with Crippen LogP contribution >= 0.6 is 23.2 Å². The first kappa shape index (κ1) is 13.7. The van der Waals surface area contributed by atoms with Crippen molar-refractivity contribution in [2.45, 2.75) is 6.54 Å². The lowest BCUT2D eigenvalue weighted by Gasteiger charge is -2.09. The van der Waals surface area contributed by atoms with Gasteiger partial charge < -0.3 is 11.1 Å². The van der Waals surface area contributed by atoms with Gasteiger partial charge in [0.05, 0.1) is 10.6 Å². The Morgan fingerprint density at radius 2 is 1.89 bits per heavy atom. The third kappa shape index (κ3) is 3.40. The van der Waals surface area contributed by atoms with E-state index < -0.39 is 0 Å². The lowest BCUT2D eigenvalue weighted by molar-refractivity contribution is 0.0951. The molecule has 5 heteroatoms. The Morgan fingerprint density at radius 3 is 2.63 bits per heavy atom. The summed E-state index contributed by atoms with van der Waals surface area (Å²) < 4.78 is 0. The van der Waals surface area contributed by atoms with Gasteiger partial charge in [-0.15, -0.1) is 0 Å². The minimum atomic E-state index is -0.282. The van der Waals surface area contributed by atoms with Gasteiger partial charge in [-0.1, -0.05) is 41.4 Å². The van der Waals surface area contributed by atoms with Gasteiger partial charge in [-0.05, 0) is 29.8 Å². The summed E-state index contributed by atoms with van der Waals surface area (Å²) in [5, 5.41) is 3.59. The van der Waals surface area contributed by atoms with Gasteiger partial charge in [-0.3, -0.25) is 4.79 Å². The zero-order valence-corrected chi connectivity index (χ0v) is 11.5. The summed E-state index contributed by atoms with van der Waals surface area (Å²) in [6.45, 7) is 0.342. The number of anilines is 1. The molecular weight excluding hydrogens is 283 g/mol. The number of hydrogen-bond donors (Lipinski definition) is 2. The zero-order chi connectivity index (χ0) is 13.8. The fourth-order valence-electron chi connectivity index (χ4n) is 1.64. The Balaban J connectivity index is 2.10. The van der Waals surface area contributed by atoms with Crippen molar-refractivity contribution < 1.29 is 4.79 Å². The zero-order valence-electron chi connectivity index (χ0n) is 9.99. The van der Waals surface area contributed by atoms with Crippen molar-refractivity contribution in [2.75, 3.05) is 5.73 Å². The first-order valence-corrected chi connectivity index (χ1v) is 6.40. The van der Waals surface area contributed by atoms with E-state index in [0.29, 0.717) is 27.8 Å². The van der Waals surface area contributed by atoms with Crippen LogP contribution in [-0.4, -0.2) is 5.91 Å². The van der Waals surface area contributed by atoms with Crippen LogP contribution in [-0.2, 0) is 6.54 Å². The second-order valence-corrected chi connectivity index (χ2v) is 4.85. The maximum absolute atomic E-state index is 12.0. The molecule has 0 heterocycles. The molecule has 3 N–H and O–H groups in total.